The molecule has 0 spiro atoms. The molecule has 22 heavy (non-hydrogen) atoms. The summed E-state index contributed by atoms with van der Waals surface area (Å²) in [5.74, 6) is 0.143. The molecular weight excluding hydrogens is 300 g/mol. The van der Waals surface area contributed by atoms with Gasteiger partial charge in [0.25, 0.3) is 5.91 Å². The van der Waals surface area contributed by atoms with Crippen LogP contribution in [0.1, 0.15) is 17.0 Å². The Labute approximate surface area is 132 Å². The maximum absolute atomic E-state index is 11.7. The SMILES string of the molecule is Cc1cc(C)nc(SCC(=O)NN=Cc2ccc(O)cc2)n1. The normalized spacial score (nSPS) is 10.8. The number of aromatic hydroxyl groups is 1. The first-order valence-corrected chi connectivity index (χ1v) is 7.57. The number of benzene rings is 1. The molecule has 0 bridgehead atoms. The topological polar surface area (TPSA) is 87.5 Å². The summed E-state index contributed by atoms with van der Waals surface area (Å²) in [4.78, 5) is 20.2. The molecule has 0 saturated heterocycles. The Kier molecular flexibility index (Phi) is 5.48. The lowest BCUT2D eigenvalue weighted by Crippen LogP contribution is -2.19. The van der Waals surface area contributed by atoms with E-state index in [0.717, 1.165) is 17.0 Å². The van der Waals surface area contributed by atoms with E-state index < -0.39 is 0 Å². The summed E-state index contributed by atoms with van der Waals surface area (Å²) in [7, 11) is 0. The van der Waals surface area contributed by atoms with E-state index >= 15 is 0 Å². The number of amides is 1. The molecule has 0 aliphatic rings. The van der Waals surface area contributed by atoms with Crippen molar-refractivity contribution in [3.8, 4) is 5.75 Å². The third-order valence-corrected chi connectivity index (χ3v) is 3.44. The number of hydrogen-bond donors (Lipinski definition) is 2. The molecule has 0 unspecified atom stereocenters. The highest BCUT2D eigenvalue weighted by molar-refractivity contribution is 7.99. The number of aromatic nitrogens is 2. The molecule has 7 heteroatoms. The lowest BCUT2D eigenvalue weighted by molar-refractivity contribution is -0.118. The van der Waals surface area contributed by atoms with Gasteiger partial charge in [-0.2, -0.15) is 5.10 Å². The molecule has 0 aliphatic carbocycles. The molecular formula is C15H16N4O2S. The number of thioether (sulfide) groups is 1. The summed E-state index contributed by atoms with van der Waals surface area (Å²) >= 11 is 1.26. The van der Waals surface area contributed by atoms with Gasteiger partial charge in [-0.25, -0.2) is 15.4 Å². The molecule has 1 aromatic carbocycles. The van der Waals surface area contributed by atoms with Gasteiger partial charge in [0.1, 0.15) is 5.75 Å². The van der Waals surface area contributed by atoms with E-state index in [4.69, 9.17) is 5.11 Å². The third-order valence-electron chi connectivity index (χ3n) is 2.59. The maximum Gasteiger partial charge on any atom is 0.250 e. The molecule has 0 aliphatic heterocycles. The van der Waals surface area contributed by atoms with Gasteiger partial charge in [-0.15, -0.1) is 0 Å². The number of hydrogen-bond acceptors (Lipinski definition) is 6. The Morgan fingerprint density at radius 2 is 1.91 bits per heavy atom. The van der Waals surface area contributed by atoms with Gasteiger partial charge in [-0.3, -0.25) is 4.79 Å². The van der Waals surface area contributed by atoms with Crippen molar-refractivity contribution in [1.82, 2.24) is 15.4 Å². The Bertz CT molecular complexity index is 666. The Balaban J connectivity index is 1.81. The largest absolute Gasteiger partial charge is 0.508 e. The molecule has 114 valence electrons. The van der Waals surface area contributed by atoms with Crippen LogP contribution in [0.2, 0.25) is 0 Å². The first-order valence-electron chi connectivity index (χ1n) is 6.59. The molecule has 0 saturated carbocycles. The lowest BCUT2D eigenvalue weighted by atomic mass is 10.2. The van der Waals surface area contributed by atoms with Crippen molar-refractivity contribution in [3.63, 3.8) is 0 Å². The van der Waals surface area contributed by atoms with Crippen LogP contribution in [0.4, 0.5) is 0 Å². The van der Waals surface area contributed by atoms with Gasteiger partial charge < -0.3 is 5.11 Å². The first-order chi connectivity index (χ1) is 10.5. The predicted octanol–water partition coefficient (Wildman–Crippen LogP) is 2.04. The quantitative estimate of drug-likeness (QED) is 0.381. The van der Waals surface area contributed by atoms with E-state index in [1.54, 1.807) is 24.3 Å². The summed E-state index contributed by atoms with van der Waals surface area (Å²) in [5, 5.41) is 13.6. The van der Waals surface area contributed by atoms with Crippen molar-refractivity contribution in [1.29, 1.82) is 0 Å². The standard InChI is InChI=1S/C15H16N4O2S/c1-10-7-11(2)18-15(17-10)22-9-14(21)19-16-8-12-3-5-13(20)6-4-12/h3-8,20H,9H2,1-2H3,(H,19,21). The van der Waals surface area contributed by atoms with Crippen LogP contribution in [0.3, 0.4) is 0 Å². The number of phenols is 1. The third kappa shape index (κ3) is 5.17. The minimum Gasteiger partial charge on any atom is -0.508 e. The van der Waals surface area contributed by atoms with E-state index in [1.165, 1.54) is 18.0 Å². The van der Waals surface area contributed by atoms with Gasteiger partial charge in [0.05, 0.1) is 12.0 Å². The predicted molar refractivity (Wildman–Crippen MR) is 86.1 cm³/mol. The van der Waals surface area contributed by atoms with E-state index in [9.17, 15) is 4.79 Å². The number of hydrazone groups is 1. The molecule has 1 aromatic heterocycles. The van der Waals surface area contributed by atoms with Crippen LogP contribution >= 0.6 is 11.8 Å². The van der Waals surface area contributed by atoms with Crippen LogP contribution in [0, 0.1) is 13.8 Å². The van der Waals surface area contributed by atoms with Crippen LogP contribution in [0.15, 0.2) is 40.6 Å². The summed E-state index contributed by atoms with van der Waals surface area (Å²) in [6, 6.07) is 8.38. The van der Waals surface area contributed by atoms with Crippen molar-refractivity contribution < 1.29 is 9.90 Å². The Hall–Kier alpha value is -2.41. The number of nitrogens with zero attached hydrogens (tertiary/aromatic N) is 3. The molecule has 0 atom stereocenters. The van der Waals surface area contributed by atoms with Crippen LogP contribution in [0.25, 0.3) is 0 Å². The van der Waals surface area contributed by atoms with Gasteiger partial charge in [0, 0.05) is 11.4 Å². The van der Waals surface area contributed by atoms with Crippen molar-refractivity contribution in [2.45, 2.75) is 19.0 Å². The average molecular weight is 316 g/mol. The second-order valence-electron chi connectivity index (χ2n) is 4.61. The smallest absolute Gasteiger partial charge is 0.250 e. The molecule has 2 N–H and O–H groups in total. The van der Waals surface area contributed by atoms with Crippen LogP contribution in [-0.2, 0) is 4.79 Å². The molecule has 0 radical (unpaired) electrons. The molecule has 2 aromatic rings. The molecule has 1 heterocycles. The number of aryl methyl sites for hydroxylation is 2. The number of nitrogens with one attached hydrogen (secondary N) is 1. The zero-order chi connectivity index (χ0) is 15.9. The monoisotopic (exact) mass is 316 g/mol. The number of carbonyl (C=O) groups excluding carboxylic acids is 1. The molecule has 2 rings (SSSR count). The summed E-state index contributed by atoms with van der Waals surface area (Å²) in [6.45, 7) is 3.78. The lowest BCUT2D eigenvalue weighted by Gasteiger charge is -2.02. The first kappa shape index (κ1) is 16.0. The highest BCUT2D eigenvalue weighted by Crippen LogP contribution is 2.13. The fraction of sp³-hybridized carbons (Fsp3) is 0.200. The van der Waals surface area contributed by atoms with Crippen molar-refractivity contribution >= 4 is 23.9 Å². The zero-order valence-corrected chi connectivity index (χ0v) is 13.1. The maximum atomic E-state index is 11.7. The summed E-state index contributed by atoms with van der Waals surface area (Å²) in [6.07, 6.45) is 1.51. The van der Waals surface area contributed by atoms with E-state index in [1.807, 2.05) is 19.9 Å². The average Bonchev–Trinajstić information content (AvgIpc) is 2.46. The second kappa shape index (κ2) is 7.56. The number of carbonyl (C=O) groups is 1. The van der Waals surface area contributed by atoms with Gasteiger partial charge >= 0.3 is 0 Å². The minimum atomic E-state index is -0.234. The number of phenolic OH excluding ortho intramolecular Hbond substituents is 1. The summed E-state index contributed by atoms with van der Waals surface area (Å²) in [5.41, 5.74) is 4.97. The zero-order valence-electron chi connectivity index (χ0n) is 12.3. The second-order valence-corrected chi connectivity index (χ2v) is 5.55. The van der Waals surface area contributed by atoms with Gasteiger partial charge in [0.2, 0.25) is 0 Å². The Morgan fingerprint density at radius 3 is 2.55 bits per heavy atom. The van der Waals surface area contributed by atoms with E-state index in [-0.39, 0.29) is 17.4 Å². The number of rotatable bonds is 5. The Morgan fingerprint density at radius 1 is 1.27 bits per heavy atom. The fourth-order valence-electron chi connectivity index (χ4n) is 1.66. The molecule has 6 nitrogen and oxygen atoms in total. The fourth-order valence-corrected chi connectivity index (χ4v) is 2.40. The van der Waals surface area contributed by atoms with Crippen LogP contribution < -0.4 is 5.43 Å². The van der Waals surface area contributed by atoms with Crippen molar-refractivity contribution in [2.24, 2.45) is 5.10 Å². The van der Waals surface area contributed by atoms with Gasteiger partial charge in [0.15, 0.2) is 5.16 Å². The minimum absolute atomic E-state index is 0.186. The highest BCUT2D eigenvalue weighted by Gasteiger charge is 2.05. The van der Waals surface area contributed by atoms with Crippen LogP contribution in [-0.4, -0.2) is 32.9 Å². The van der Waals surface area contributed by atoms with Gasteiger partial charge in [-0.1, -0.05) is 11.8 Å². The van der Waals surface area contributed by atoms with Crippen molar-refractivity contribution in [2.75, 3.05) is 5.75 Å². The molecule has 1 amide bonds. The highest BCUT2D eigenvalue weighted by atomic mass is 32.2. The van der Waals surface area contributed by atoms with Crippen molar-refractivity contribution in [3.05, 3.63) is 47.3 Å². The summed E-state index contributed by atoms with van der Waals surface area (Å²) < 4.78 is 0. The van der Waals surface area contributed by atoms with E-state index in [2.05, 4.69) is 20.5 Å². The van der Waals surface area contributed by atoms with E-state index in [0.29, 0.717) is 5.16 Å². The van der Waals surface area contributed by atoms with Gasteiger partial charge in [-0.05, 0) is 49.7 Å². The molecule has 0 fully saturated rings. The van der Waals surface area contributed by atoms with Crippen LogP contribution in [0.5, 0.6) is 5.75 Å².